The van der Waals surface area contributed by atoms with Crippen LogP contribution < -0.4 is 4.74 Å². The third-order valence-corrected chi connectivity index (χ3v) is 4.34. The summed E-state index contributed by atoms with van der Waals surface area (Å²) in [6.07, 6.45) is 3.73. The molecule has 1 fully saturated rings. The number of amides is 2. The smallest absolute Gasteiger partial charge is 0.293 e. The first-order valence-electron chi connectivity index (χ1n) is 7.46. The fraction of sp³-hybridized carbons (Fsp3) is 0.353. The van der Waals surface area contributed by atoms with Gasteiger partial charge in [-0.3, -0.25) is 19.3 Å². The number of Topliss-reactive ketones (excluding diaryl/α,β-unsaturated/α-hetero) is 1. The number of benzene rings is 1. The summed E-state index contributed by atoms with van der Waals surface area (Å²) in [5.74, 6) is 0.234. The van der Waals surface area contributed by atoms with Crippen molar-refractivity contribution < 1.29 is 19.1 Å². The molecule has 1 aliphatic rings. The normalized spacial score (nSPS) is 16.3. The molecule has 5 nitrogen and oxygen atoms in total. The summed E-state index contributed by atoms with van der Waals surface area (Å²) in [7, 11) is 1.58. The van der Waals surface area contributed by atoms with Gasteiger partial charge in [0.1, 0.15) is 5.75 Å². The Balaban J connectivity index is 2.07. The predicted molar refractivity (Wildman–Crippen MR) is 90.2 cm³/mol. The molecule has 122 valence electrons. The minimum Gasteiger partial charge on any atom is -0.497 e. The second kappa shape index (κ2) is 7.97. The summed E-state index contributed by atoms with van der Waals surface area (Å²) in [5, 5.41) is -0.389. The zero-order valence-electron chi connectivity index (χ0n) is 13.2. The van der Waals surface area contributed by atoms with E-state index < -0.39 is 5.91 Å². The highest BCUT2D eigenvalue weighted by molar-refractivity contribution is 8.18. The molecule has 0 bridgehead atoms. The Morgan fingerprint density at radius 2 is 1.96 bits per heavy atom. The highest BCUT2D eigenvalue weighted by Gasteiger charge is 2.35. The van der Waals surface area contributed by atoms with E-state index >= 15 is 0 Å². The van der Waals surface area contributed by atoms with Gasteiger partial charge >= 0.3 is 0 Å². The number of imide groups is 1. The van der Waals surface area contributed by atoms with Crippen LogP contribution in [-0.2, 0) is 9.59 Å². The third-order valence-electron chi connectivity index (χ3n) is 3.43. The van der Waals surface area contributed by atoms with Gasteiger partial charge in [-0.15, -0.1) is 0 Å². The standard InChI is InChI=1S/C17H19NO4S/c1-3-4-5-13(19)11-18-16(20)15(23-17(18)21)10-12-6-8-14(22-2)9-7-12/h6-10H,3-5,11H2,1-2H3/b15-10-. The average molecular weight is 333 g/mol. The lowest BCUT2D eigenvalue weighted by atomic mass is 10.1. The van der Waals surface area contributed by atoms with Crippen LogP contribution in [0.2, 0.25) is 0 Å². The molecule has 2 rings (SSSR count). The maximum Gasteiger partial charge on any atom is 0.293 e. The summed E-state index contributed by atoms with van der Waals surface area (Å²) < 4.78 is 5.08. The van der Waals surface area contributed by atoms with Crippen molar-refractivity contribution in [1.29, 1.82) is 0 Å². The lowest BCUT2D eigenvalue weighted by Crippen LogP contribution is -2.33. The van der Waals surface area contributed by atoms with Crippen molar-refractivity contribution in [1.82, 2.24) is 4.90 Å². The first-order valence-corrected chi connectivity index (χ1v) is 8.28. The SMILES string of the molecule is CCCCC(=O)CN1C(=O)S/C(=C\c2ccc(OC)cc2)C1=O. The van der Waals surface area contributed by atoms with E-state index in [1.165, 1.54) is 0 Å². The van der Waals surface area contributed by atoms with Crippen LogP contribution >= 0.6 is 11.8 Å². The van der Waals surface area contributed by atoms with Gasteiger partial charge in [0.15, 0.2) is 5.78 Å². The topological polar surface area (TPSA) is 63.7 Å². The van der Waals surface area contributed by atoms with Gasteiger partial charge in [-0.2, -0.15) is 0 Å². The summed E-state index contributed by atoms with van der Waals surface area (Å²) in [5.41, 5.74) is 0.800. The van der Waals surface area contributed by atoms with Gasteiger partial charge in [0.05, 0.1) is 18.6 Å². The molecule has 0 spiro atoms. The van der Waals surface area contributed by atoms with Crippen LogP contribution in [0.5, 0.6) is 5.75 Å². The van der Waals surface area contributed by atoms with Gasteiger partial charge in [0, 0.05) is 6.42 Å². The van der Waals surface area contributed by atoms with Crippen molar-refractivity contribution in [2.75, 3.05) is 13.7 Å². The van der Waals surface area contributed by atoms with Crippen LogP contribution in [0, 0.1) is 0 Å². The molecule has 0 unspecified atom stereocenters. The van der Waals surface area contributed by atoms with E-state index in [0.29, 0.717) is 11.3 Å². The quantitative estimate of drug-likeness (QED) is 0.715. The van der Waals surface area contributed by atoms with Crippen molar-refractivity contribution in [3.63, 3.8) is 0 Å². The van der Waals surface area contributed by atoms with Crippen LogP contribution in [0.15, 0.2) is 29.2 Å². The van der Waals surface area contributed by atoms with Crippen LogP contribution in [0.25, 0.3) is 6.08 Å². The second-order valence-electron chi connectivity index (χ2n) is 5.18. The van der Waals surface area contributed by atoms with Crippen molar-refractivity contribution in [3.05, 3.63) is 34.7 Å². The Hall–Kier alpha value is -2.08. The molecule has 23 heavy (non-hydrogen) atoms. The van der Waals surface area contributed by atoms with Crippen LogP contribution in [0.3, 0.4) is 0 Å². The largest absolute Gasteiger partial charge is 0.497 e. The van der Waals surface area contributed by atoms with Crippen LogP contribution in [-0.4, -0.2) is 35.5 Å². The molecule has 2 amide bonds. The first-order chi connectivity index (χ1) is 11.0. The Morgan fingerprint density at radius 3 is 2.57 bits per heavy atom. The molecular formula is C17H19NO4S. The zero-order chi connectivity index (χ0) is 16.8. The van der Waals surface area contributed by atoms with E-state index in [1.807, 2.05) is 6.92 Å². The molecule has 1 aromatic rings. The number of thioether (sulfide) groups is 1. The average Bonchev–Trinajstić information content (AvgIpc) is 2.81. The van der Waals surface area contributed by atoms with E-state index in [9.17, 15) is 14.4 Å². The van der Waals surface area contributed by atoms with Crippen LogP contribution in [0.4, 0.5) is 4.79 Å². The lowest BCUT2D eigenvalue weighted by Gasteiger charge is -2.10. The number of carbonyl (C=O) groups is 3. The van der Waals surface area contributed by atoms with E-state index in [4.69, 9.17) is 4.74 Å². The highest BCUT2D eigenvalue weighted by Crippen LogP contribution is 2.32. The number of ketones is 1. The van der Waals surface area contributed by atoms with Gasteiger partial charge in [-0.1, -0.05) is 25.5 Å². The Labute approximate surface area is 139 Å². The number of unbranched alkanes of at least 4 members (excludes halogenated alkanes) is 1. The molecular weight excluding hydrogens is 314 g/mol. The fourth-order valence-corrected chi connectivity index (χ4v) is 2.96. The Bertz CT molecular complexity index is 636. The summed E-state index contributed by atoms with van der Waals surface area (Å²) in [6, 6.07) is 7.17. The van der Waals surface area contributed by atoms with Crippen molar-refractivity contribution in [2.45, 2.75) is 26.2 Å². The van der Waals surface area contributed by atoms with Crippen molar-refractivity contribution >= 4 is 34.8 Å². The number of hydrogen-bond donors (Lipinski definition) is 0. The van der Waals surface area contributed by atoms with Gasteiger partial charge in [0.25, 0.3) is 11.1 Å². The Morgan fingerprint density at radius 1 is 1.26 bits per heavy atom. The molecule has 1 saturated heterocycles. The molecule has 0 radical (unpaired) electrons. The van der Waals surface area contributed by atoms with Crippen molar-refractivity contribution in [2.24, 2.45) is 0 Å². The minimum absolute atomic E-state index is 0.0835. The molecule has 1 aromatic carbocycles. The molecule has 1 heterocycles. The van der Waals surface area contributed by atoms with E-state index in [1.54, 1.807) is 37.5 Å². The highest BCUT2D eigenvalue weighted by atomic mass is 32.2. The number of rotatable bonds is 7. The zero-order valence-corrected chi connectivity index (χ0v) is 14.0. The summed E-state index contributed by atoms with van der Waals surface area (Å²) in [4.78, 5) is 37.4. The molecule has 0 aliphatic carbocycles. The van der Waals surface area contributed by atoms with Gasteiger partial charge in [0.2, 0.25) is 0 Å². The molecule has 0 saturated carbocycles. The summed E-state index contributed by atoms with van der Waals surface area (Å²) >= 11 is 0.867. The van der Waals surface area contributed by atoms with Gasteiger partial charge < -0.3 is 4.74 Å². The number of hydrogen-bond acceptors (Lipinski definition) is 5. The molecule has 6 heteroatoms. The fourth-order valence-electron chi connectivity index (χ4n) is 2.12. The number of carbonyl (C=O) groups excluding carboxylic acids is 3. The lowest BCUT2D eigenvalue weighted by molar-refractivity contribution is -0.128. The maximum atomic E-state index is 12.3. The number of methoxy groups -OCH3 is 1. The molecule has 0 N–H and O–H groups in total. The number of nitrogens with zero attached hydrogens (tertiary/aromatic N) is 1. The minimum atomic E-state index is -0.402. The van der Waals surface area contributed by atoms with Gasteiger partial charge in [-0.05, 0) is 42.0 Å². The van der Waals surface area contributed by atoms with Crippen molar-refractivity contribution in [3.8, 4) is 5.75 Å². The molecule has 0 atom stereocenters. The maximum absolute atomic E-state index is 12.3. The molecule has 1 aliphatic heterocycles. The first kappa shape index (κ1) is 17.3. The summed E-state index contributed by atoms with van der Waals surface area (Å²) in [6.45, 7) is 1.86. The number of ether oxygens (including phenoxy) is 1. The second-order valence-corrected chi connectivity index (χ2v) is 6.18. The van der Waals surface area contributed by atoms with E-state index in [-0.39, 0.29) is 17.6 Å². The van der Waals surface area contributed by atoms with E-state index in [0.717, 1.165) is 40.8 Å². The van der Waals surface area contributed by atoms with Crippen LogP contribution in [0.1, 0.15) is 31.7 Å². The predicted octanol–water partition coefficient (Wildman–Crippen LogP) is 3.49. The van der Waals surface area contributed by atoms with Gasteiger partial charge in [-0.25, -0.2) is 0 Å². The monoisotopic (exact) mass is 333 g/mol. The van der Waals surface area contributed by atoms with E-state index in [2.05, 4.69) is 0 Å². The third kappa shape index (κ3) is 4.45. The molecule has 0 aromatic heterocycles. The Kier molecular flexibility index (Phi) is 5.98.